The van der Waals surface area contributed by atoms with Crippen molar-refractivity contribution in [3.05, 3.63) is 60.3 Å². The minimum atomic E-state index is 1.13. The summed E-state index contributed by atoms with van der Waals surface area (Å²) in [6, 6.07) is 10.9. The molecule has 0 radical (unpaired) electrons. The van der Waals surface area contributed by atoms with Crippen LogP contribution in [0, 0.1) is 14.0 Å². The van der Waals surface area contributed by atoms with Gasteiger partial charge in [0.1, 0.15) is 5.69 Å². The van der Waals surface area contributed by atoms with Crippen LogP contribution in [-0.4, -0.2) is 0 Å². The zero-order valence-electron chi connectivity index (χ0n) is 9.53. The van der Waals surface area contributed by atoms with E-state index in [2.05, 4.69) is 44.3 Å². The average molecular weight is 209 g/mol. The fourth-order valence-electron chi connectivity index (χ4n) is 2.65. The molecule has 1 heteroatoms. The van der Waals surface area contributed by atoms with Crippen LogP contribution >= 0.6 is 0 Å². The van der Waals surface area contributed by atoms with Gasteiger partial charge in [0.2, 0.25) is 0 Å². The highest BCUT2D eigenvalue weighted by atomic mass is 14.9. The molecule has 0 fully saturated rings. The summed E-state index contributed by atoms with van der Waals surface area (Å²) in [5.74, 6) is 0. The van der Waals surface area contributed by atoms with Crippen molar-refractivity contribution in [1.29, 1.82) is 0 Å². The van der Waals surface area contributed by atoms with Gasteiger partial charge in [0.15, 0.2) is 0 Å². The Morgan fingerprint density at radius 2 is 1.81 bits per heavy atom. The van der Waals surface area contributed by atoms with Gasteiger partial charge < -0.3 is 4.57 Å². The molecule has 0 spiro atoms. The number of hydrogen-bond acceptors (Lipinski definition) is 0. The second-order valence-electron chi connectivity index (χ2n) is 4.46. The standard InChI is InChI=1S/C15H15N/c1-11-5-3-6-12-8-9-13-7-4-10-16(2)15(13)14(11)12/h3-7,10H,2,8-9H2,1H3. The molecule has 16 heavy (non-hydrogen) atoms. The van der Waals surface area contributed by atoms with Gasteiger partial charge in [-0.2, -0.15) is 0 Å². The SMILES string of the molecule is [CH2-][n+]1cccc2c1-c1c(C)cccc1CC2. The fraction of sp³-hybridized carbons (Fsp3) is 0.200. The minimum absolute atomic E-state index is 1.13. The Kier molecular flexibility index (Phi) is 2.00. The topological polar surface area (TPSA) is 3.88 Å². The van der Waals surface area contributed by atoms with Crippen molar-refractivity contribution in [3.63, 3.8) is 0 Å². The van der Waals surface area contributed by atoms with Gasteiger partial charge in [0, 0.05) is 7.05 Å². The predicted molar refractivity (Wildman–Crippen MR) is 65.0 cm³/mol. The van der Waals surface area contributed by atoms with E-state index in [1.165, 1.54) is 27.9 Å². The van der Waals surface area contributed by atoms with E-state index in [9.17, 15) is 0 Å². The van der Waals surface area contributed by atoms with E-state index < -0.39 is 0 Å². The number of aryl methyl sites for hydroxylation is 3. The molecular weight excluding hydrogens is 194 g/mol. The highest BCUT2D eigenvalue weighted by Crippen LogP contribution is 2.32. The molecule has 0 saturated carbocycles. The minimum Gasteiger partial charge on any atom is -0.333 e. The zero-order valence-corrected chi connectivity index (χ0v) is 9.53. The lowest BCUT2D eigenvalue weighted by atomic mass is 9.86. The summed E-state index contributed by atoms with van der Waals surface area (Å²) < 4.78 is 2.00. The molecule has 1 aliphatic rings. The third-order valence-corrected chi connectivity index (χ3v) is 3.41. The Labute approximate surface area is 96.4 Å². The second-order valence-corrected chi connectivity index (χ2v) is 4.46. The van der Waals surface area contributed by atoms with Crippen LogP contribution in [-0.2, 0) is 12.8 Å². The van der Waals surface area contributed by atoms with Crippen LogP contribution in [0.5, 0.6) is 0 Å². The fourth-order valence-corrected chi connectivity index (χ4v) is 2.65. The van der Waals surface area contributed by atoms with Crippen molar-refractivity contribution in [3.8, 4) is 11.3 Å². The number of rotatable bonds is 0. The molecule has 0 amide bonds. The van der Waals surface area contributed by atoms with Crippen LogP contribution < -0.4 is 4.57 Å². The maximum atomic E-state index is 4.09. The lowest BCUT2D eigenvalue weighted by molar-refractivity contribution is -0.601. The average Bonchev–Trinajstić information content (AvgIpc) is 2.29. The summed E-state index contributed by atoms with van der Waals surface area (Å²) in [5, 5.41) is 0. The molecule has 2 aromatic rings. The molecule has 0 bridgehead atoms. The molecule has 1 aliphatic carbocycles. The van der Waals surface area contributed by atoms with Gasteiger partial charge in [-0.3, -0.25) is 0 Å². The van der Waals surface area contributed by atoms with Crippen LogP contribution in [0.25, 0.3) is 11.3 Å². The number of aromatic nitrogens is 1. The molecule has 0 atom stereocenters. The maximum absolute atomic E-state index is 4.09. The monoisotopic (exact) mass is 209 g/mol. The quantitative estimate of drug-likeness (QED) is 0.464. The van der Waals surface area contributed by atoms with Gasteiger partial charge in [-0.1, -0.05) is 30.3 Å². The molecule has 80 valence electrons. The number of pyridine rings is 1. The summed E-state index contributed by atoms with van der Waals surface area (Å²) in [7, 11) is 4.09. The third kappa shape index (κ3) is 1.25. The van der Waals surface area contributed by atoms with E-state index in [4.69, 9.17) is 0 Å². The van der Waals surface area contributed by atoms with Crippen molar-refractivity contribution in [2.75, 3.05) is 0 Å². The molecule has 0 saturated heterocycles. The first-order valence-corrected chi connectivity index (χ1v) is 5.70. The largest absolute Gasteiger partial charge is 0.333 e. The normalized spacial score (nSPS) is 13.1. The van der Waals surface area contributed by atoms with Gasteiger partial charge in [-0.25, -0.2) is 0 Å². The lowest BCUT2D eigenvalue weighted by Crippen LogP contribution is -2.31. The molecule has 1 aromatic heterocycles. The third-order valence-electron chi connectivity index (χ3n) is 3.41. The molecule has 1 nitrogen and oxygen atoms in total. The lowest BCUT2D eigenvalue weighted by Gasteiger charge is -2.23. The smallest absolute Gasteiger partial charge is 0.115 e. The Bertz CT molecular complexity index is 504. The van der Waals surface area contributed by atoms with E-state index in [-0.39, 0.29) is 0 Å². The summed E-state index contributed by atoms with van der Waals surface area (Å²) in [6.45, 7) is 2.18. The van der Waals surface area contributed by atoms with E-state index in [0.29, 0.717) is 0 Å². The van der Waals surface area contributed by atoms with Crippen molar-refractivity contribution < 1.29 is 4.57 Å². The van der Waals surface area contributed by atoms with Gasteiger partial charge >= 0.3 is 0 Å². The highest BCUT2D eigenvalue weighted by Gasteiger charge is 2.19. The Hall–Kier alpha value is -1.76. The van der Waals surface area contributed by atoms with Crippen LogP contribution in [0.1, 0.15) is 16.7 Å². The summed E-state index contributed by atoms with van der Waals surface area (Å²) >= 11 is 0. The molecule has 0 aliphatic heterocycles. The Morgan fingerprint density at radius 3 is 2.69 bits per heavy atom. The van der Waals surface area contributed by atoms with Gasteiger partial charge in [-0.05, 0) is 42.0 Å². The summed E-state index contributed by atoms with van der Waals surface area (Å²) in [5.41, 5.74) is 6.90. The molecule has 1 heterocycles. The van der Waals surface area contributed by atoms with E-state index in [0.717, 1.165) is 12.8 Å². The van der Waals surface area contributed by atoms with E-state index in [1.807, 2.05) is 10.8 Å². The van der Waals surface area contributed by atoms with E-state index >= 15 is 0 Å². The number of fused-ring (bicyclic) bond motifs is 3. The van der Waals surface area contributed by atoms with Crippen molar-refractivity contribution in [1.82, 2.24) is 0 Å². The predicted octanol–water partition coefficient (Wildman–Crippen LogP) is 2.69. The van der Waals surface area contributed by atoms with Crippen molar-refractivity contribution in [2.24, 2.45) is 0 Å². The number of hydrogen-bond donors (Lipinski definition) is 0. The maximum Gasteiger partial charge on any atom is 0.115 e. The molecule has 0 N–H and O–H groups in total. The van der Waals surface area contributed by atoms with Crippen LogP contribution in [0.3, 0.4) is 0 Å². The Balaban J connectivity index is 2.37. The zero-order chi connectivity index (χ0) is 11.1. The van der Waals surface area contributed by atoms with E-state index in [1.54, 1.807) is 0 Å². The van der Waals surface area contributed by atoms with Crippen molar-refractivity contribution in [2.45, 2.75) is 19.8 Å². The molecule has 3 rings (SSSR count). The van der Waals surface area contributed by atoms with Gasteiger partial charge in [-0.15, -0.1) is 0 Å². The van der Waals surface area contributed by atoms with Gasteiger partial charge in [0.05, 0.1) is 6.20 Å². The Morgan fingerprint density at radius 1 is 1.06 bits per heavy atom. The molecular formula is C15H15N. The van der Waals surface area contributed by atoms with Gasteiger partial charge in [0.25, 0.3) is 0 Å². The van der Waals surface area contributed by atoms with Crippen molar-refractivity contribution >= 4 is 0 Å². The molecule has 1 aromatic carbocycles. The summed E-state index contributed by atoms with van der Waals surface area (Å²) in [4.78, 5) is 0. The first-order chi connectivity index (χ1) is 7.77. The van der Waals surface area contributed by atoms with Crippen LogP contribution in [0.2, 0.25) is 0 Å². The van der Waals surface area contributed by atoms with Crippen LogP contribution in [0.15, 0.2) is 36.5 Å². The summed E-state index contributed by atoms with van der Waals surface area (Å²) in [6.07, 6.45) is 4.30. The highest BCUT2D eigenvalue weighted by molar-refractivity contribution is 5.70. The first-order valence-electron chi connectivity index (χ1n) is 5.70. The van der Waals surface area contributed by atoms with Crippen LogP contribution in [0.4, 0.5) is 0 Å². The molecule has 0 unspecified atom stereocenters. The number of nitrogens with zero attached hydrogens (tertiary/aromatic N) is 1. The number of benzene rings is 1. The second kappa shape index (κ2) is 3.38. The first kappa shape index (κ1) is 9.46.